The zero-order valence-corrected chi connectivity index (χ0v) is 7.12. The molecule has 0 amide bonds. The van der Waals surface area contributed by atoms with E-state index in [0.29, 0.717) is 0 Å². The fourth-order valence-electron chi connectivity index (χ4n) is 1.91. The van der Waals surface area contributed by atoms with Gasteiger partial charge < -0.3 is 4.98 Å². The zero-order valence-electron chi connectivity index (χ0n) is 7.12. The van der Waals surface area contributed by atoms with Crippen LogP contribution >= 0.6 is 0 Å². The zero-order chi connectivity index (χ0) is 8.67. The highest BCUT2D eigenvalue weighted by Crippen LogP contribution is 2.31. The number of rotatable bonds is 0. The summed E-state index contributed by atoms with van der Waals surface area (Å²) < 4.78 is 0. The van der Waals surface area contributed by atoms with Crippen molar-refractivity contribution in [1.82, 2.24) is 15.2 Å². The van der Waals surface area contributed by atoms with Crippen molar-refractivity contribution in [2.24, 2.45) is 0 Å². The van der Waals surface area contributed by atoms with Gasteiger partial charge in [0.2, 0.25) is 0 Å². The summed E-state index contributed by atoms with van der Waals surface area (Å²) in [7, 11) is 0. The Labute approximate surface area is 75.8 Å². The van der Waals surface area contributed by atoms with E-state index >= 15 is 0 Å². The largest absolute Gasteiger partial charge is 0.364 e. The molecule has 0 unspecified atom stereocenters. The Morgan fingerprint density at radius 2 is 2.00 bits per heavy atom. The number of hydrogen-bond donors (Lipinski definition) is 1. The molecule has 0 fully saturated rings. The van der Waals surface area contributed by atoms with Gasteiger partial charge in [0, 0.05) is 23.0 Å². The maximum atomic E-state index is 3.91. The summed E-state index contributed by atoms with van der Waals surface area (Å²) in [5.74, 6) is 0. The molecule has 3 nitrogen and oxygen atoms in total. The molecule has 0 saturated heterocycles. The van der Waals surface area contributed by atoms with Gasteiger partial charge in [0.25, 0.3) is 0 Å². The van der Waals surface area contributed by atoms with Crippen LogP contribution < -0.4 is 0 Å². The highest BCUT2D eigenvalue weighted by atomic mass is 15.1. The lowest BCUT2D eigenvalue weighted by Crippen LogP contribution is -2.03. The normalized spacial score (nSPS) is 13.5. The molecule has 2 aromatic heterocycles. The average Bonchev–Trinajstić information content (AvgIpc) is 2.65. The Bertz CT molecular complexity index is 445. The highest BCUT2D eigenvalue weighted by Gasteiger charge is 2.16. The van der Waals surface area contributed by atoms with Crippen molar-refractivity contribution in [1.29, 1.82) is 0 Å². The topological polar surface area (TPSA) is 41.6 Å². The third kappa shape index (κ3) is 0.900. The number of aryl methyl sites for hydroxylation is 2. The van der Waals surface area contributed by atoms with Gasteiger partial charge in [-0.15, -0.1) is 0 Å². The average molecular weight is 171 g/mol. The molecule has 64 valence electrons. The second-order valence-electron chi connectivity index (χ2n) is 3.30. The molecular weight excluding hydrogens is 162 g/mol. The minimum Gasteiger partial charge on any atom is -0.364 e. The van der Waals surface area contributed by atoms with Gasteiger partial charge in [-0.3, -0.25) is 0 Å². The first-order valence-electron chi connectivity index (χ1n) is 4.41. The predicted octanol–water partition coefficient (Wildman–Crippen LogP) is 1.57. The molecule has 13 heavy (non-hydrogen) atoms. The van der Waals surface area contributed by atoms with Crippen molar-refractivity contribution < 1.29 is 0 Å². The number of nitrogens with zero attached hydrogens (tertiary/aromatic N) is 2. The Kier molecular flexibility index (Phi) is 1.27. The SMILES string of the molecule is c1cc2c([nH]1)CCc1cnncc1-2. The summed E-state index contributed by atoms with van der Waals surface area (Å²) in [6.45, 7) is 0. The standard InChI is InChI=1S/C10H9N3/c1-2-10-8(3-4-11-10)9-6-13-12-5-7(1)9/h3-6,11H,1-2H2. The van der Waals surface area contributed by atoms with Crippen molar-refractivity contribution in [3.05, 3.63) is 35.9 Å². The number of fused-ring (bicyclic) bond motifs is 3. The monoisotopic (exact) mass is 171 g/mol. The van der Waals surface area contributed by atoms with Crippen LogP contribution in [0.2, 0.25) is 0 Å². The van der Waals surface area contributed by atoms with Gasteiger partial charge in [0.15, 0.2) is 0 Å². The summed E-state index contributed by atoms with van der Waals surface area (Å²) in [5.41, 5.74) is 5.15. The molecule has 1 N–H and O–H groups in total. The fourth-order valence-corrected chi connectivity index (χ4v) is 1.91. The molecule has 2 aromatic rings. The second kappa shape index (κ2) is 2.42. The van der Waals surface area contributed by atoms with Crippen molar-refractivity contribution >= 4 is 0 Å². The van der Waals surface area contributed by atoms with Crippen LogP contribution in [0.5, 0.6) is 0 Å². The van der Waals surface area contributed by atoms with E-state index in [0.717, 1.165) is 12.8 Å². The summed E-state index contributed by atoms with van der Waals surface area (Å²) in [6, 6.07) is 2.11. The second-order valence-corrected chi connectivity index (χ2v) is 3.30. The number of nitrogens with one attached hydrogen (secondary N) is 1. The summed E-state index contributed by atoms with van der Waals surface area (Å²) in [4.78, 5) is 3.25. The molecule has 0 aromatic carbocycles. The first kappa shape index (κ1) is 6.83. The first-order valence-corrected chi connectivity index (χ1v) is 4.41. The smallest absolute Gasteiger partial charge is 0.0578 e. The predicted molar refractivity (Wildman–Crippen MR) is 49.2 cm³/mol. The molecule has 0 spiro atoms. The molecule has 1 aliphatic rings. The minimum atomic E-state index is 1.07. The minimum absolute atomic E-state index is 1.07. The number of aromatic nitrogens is 3. The van der Waals surface area contributed by atoms with E-state index in [4.69, 9.17) is 0 Å². The Balaban J connectivity index is 2.30. The van der Waals surface area contributed by atoms with Gasteiger partial charge in [0.05, 0.1) is 12.4 Å². The quantitative estimate of drug-likeness (QED) is 0.653. The van der Waals surface area contributed by atoms with Crippen molar-refractivity contribution in [3.8, 4) is 11.1 Å². The molecule has 3 heteroatoms. The molecule has 0 radical (unpaired) electrons. The maximum absolute atomic E-state index is 3.91. The van der Waals surface area contributed by atoms with Crippen LogP contribution in [0.3, 0.4) is 0 Å². The van der Waals surface area contributed by atoms with E-state index < -0.39 is 0 Å². The third-order valence-corrected chi connectivity index (χ3v) is 2.58. The van der Waals surface area contributed by atoms with E-state index in [2.05, 4.69) is 21.2 Å². The number of aromatic amines is 1. The van der Waals surface area contributed by atoms with Crippen molar-refractivity contribution in [2.45, 2.75) is 12.8 Å². The van der Waals surface area contributed by atoms with Gasteiger partial charge in [-0.2, -0.15) is 10.2 Å². The van der Waals surface area contributed by atoms with Crippen LogP contribution in [0.15, 0.2) is 24.7 Å². The summed E-state index contributed by atoms with van der Waals surface area (Å²) in [5, 5.41) is 7.81. The molecule has 1 aliphatic carbocycles. The number of hydrogen-bond acceptors (Lipinski definition) is 2. The lowest BCUT2D eigenvalue weighted by Gasteiger charge is -2.14. The Hall–Kier alpha value is -1.64. The van der Waals surface area contributed by atoms with Crippen LogP contribution in [-0.4, -0.2) is 15.2 Å². The lowest BCUT2D eigenvalue weighted by atomic mass is 9.93. The first-order chi connectivity index (χ1) is 6.45. The molecule has 2 heterocycles. The fraction of sp³-hybridized carbons (Fsp3) is 0.200. The molecule has 3 rings (SSSR count). The Morgan fingerprint density at radius 3 is 3.00 bits per heavy atom. The summed E-state index contributed by atoms with van der Waals surface area (Å²) in [6.07, 6.45) is 7.85. The van der Waals surface area contributed by atoms with Crippen LogP contribution in [0, 0.1) is 0 Å². The Morgan fingerprint density at radius 1 is 1.08 bits per heavy atom. The van der Waals surface area contributed by atoms with Crippen LogP contribution in [0.25, 0.3) is 11.1 Å². The van der Waals surface area contributed by atoms with Crippen molar-refractivity contribution in [3.63, 3.8) is 0 Å². The van der Waals surface area contributed by atoms with E-state index in [1.54, 1.807) is 0 Å². The van der Waals surface area contributed by atoms with E-state index in [9.17, 15) is 0 Å². The van der Waals surface area contributed by atoms with Crippen molar-refractivity contribution in [2.75, 3.05) is 0 Å². The third-order valence-electron chi connectivity index (χ3n) is 2.58. The van der Waals surface area contributed by atoms with E-state index in [-0.39, 0.29) is 0 Å². The van der Waals surface area contributed by atoms with Gasteiger partial charge in [-0.1, -0.05) is 0 Å². The van der Waals surface area contributed by atoms with Gasteiger partial charge >= 0.3 is 0 Å². The van der Waals surface area contributed by atoms with Crippen LogP contribution in [0.1, 0.15) is 11.3 Å². The molecule has 0 atom stereocenters. The van der Waals surface area contributed by atoms with Gasteiger partial charge in [-0.25, -0.2) is 0 Å². The van der Waals surface area contributed by atoms with Crippen LogP contribution in [0.4, 0.5) is 0 Å². The van der Waals surface area contributed by atoms with Crippen LogP contribution in [-0.2, 0) is 12.8 Å². The molecule has 0 aliphatic heterocycles. The summed E-state index contributed by atoms with van der Waals surface area (Å²) >= 11 is 0. The number of H-pyrrole nitrogens is 1. The molecule has 0 saturated carbocycles. The molecule has 0 bridgehead atoms. The lowest BCUT2D eigenvalue weighted by molar-refractivity contribution is 0.880. The molecular formula is C10H9N3. The van der Waals surface area contributed by atoms with E-state index in [1.807, 2.05) is 18.6 Å². The van der Waals surface area contributed by atoms with Gasteiger partial charge in [0.1, 0.15) is 0 Å². The maximum Gasteiger partial charge on any atom is 0.0578 e. The van der Waals surface area contributed by atoms with Gasteiger partial charge in [-0.05, 0) is 24.5 Å². The highest BCUT2D eigenvalue weighted by molar-refractivity contribution is 5.70. The van der Waals surface area contributed by atoms with E-state index in [1.165, 1.54) is 22.4 Å².